The zero-order chi connectivity index (χ0) is 13.4. The standard InChI is InChI=1S/C15H10BrF2N/c16-13-2-1-3-15-12(13)6-7-19(15)9-10-8-11(17)4-5-14(10)18/h1-8H,9H2. The number of fused-ring (bicyclic) bond motifs is 1. The number of hydrogen-bond acceptors (Lipinski definition) is 0. The topological polar surface area (TPSA) is 4.93 Å². The van der Waals surface area contributed by atoms with Crippen LogP contribution in [0.25, 0.3) is 10.9 Å². The summed E-state index contributed by atoms with van der Waals surface area (Å²) in [6.45, 7) is 0.309. The fraction of sp³-hybridized carbons (Fsp3) is 0.0667. The van der Waals surface area contributed by atoms with E-state index in [2.05, 4.69) is 15.9 Å². The number of hydrogen-bond donors (Lipinski definition) is 0. The van der Waals surface area contributed by atoms with Crippen molar-refractivity contribution in [2.24, 2.45) is 0 Å². The van der Waals surface area contributed by atoms with Crippen molar-refractivity contribution in [3.8, 4) is 0 Å². The van der Waals surface area contributed by atoms with Gasteiger partial charge in [-0.1, -0.05) is 22.0 Å². The summed E-state index contributed by atoms with van der Waals surface area (Å²) in [5.74, 6) is -0.813. The SMILES string of the molecule is Fc1ccc(F)c(Cn2ccc3c(Br)cccc32)c1. The molecule has 1 nitrogen and oxygen atoms in total. The van der Waals surface area contributed by atoms with Gasteiger partial charge < -0.3 is 4.57 Å². The number of rotatable bonds is 2. The van der Waals surface area contributed by atoms with Crippen molar-refractivity contribution < 1.29 is 8.78 Å². The summed E-state index contributed by atoms with van der Waals surface area (Å²) >= 11 is 3.47. The molecule has 3 aromatic rings. The first-order chi connectivity index (χ1) is 9.15. The average Bonchev–Trinajstić information content (AvgIpc) is 2.79. The van der Waals surface area contributed by atoms with E-state index in [1.807, 2.05) is 35.0 Å². The molecule has 1 heterocycles. The smallest absolute Gasteiger partial charge is 0.128 e. The first-order valence-corrected chi connectivity index (χ1v) is 6.62. The summed E-state index contributed by atoms with van der Waals surface area (Å²) in [4.78, 5) is 0. The van der Waals surface area contributed by atoms with E-state index < -0.39 is 11.6 Å². The van der Waals surface area contributed by atoms with Crippen LogP contribution in [0.1, 0.15) is 5.56 Å². The predicted molar refractivity (Wildman–Crippen MR) is 75.1 cm³/mol. The van der Waals surface area contributed by atoms with Crippen LogP contribution in [0.5, 0.6) is 0 Å². The predicted octanol–water partition coefficient (Wildman–Crippen LogP) is 4.73. The van der Waals surface area contributed by atoms with E-state index in [0.29, 0.717) is 12.1 Å². The minimum atomic E-state index is -0.422. The van der Waals surface area contributed by atoms with Crippen molar-refractivity contribution in [3.05, 3.63) is 70.3 Å². The zero-order valence-corrected chi connectivity index (χ0v) is 11.5. The second-order valence-electron chi connectivity index (χ2n) is 4.35. The Morgan fingerprint density at radius 3 is 2.74 bits per heavy atom. The monoisotopic (exact) mass is 321 g/mol. The average molecular weight is 322 g/mol. The van der Waals surface area contributed by atoms with Gasteiger partial charge in [0.25, 0.3) is 0 Å². The Balaban J connectivity index is 2.06. The van der Waals surface area contributed by atoms with Crippen LogP contribution in [0.15, 0.2) is 53.1 Å². The van der Waals surface area contributed by atoms with Crippen molar-refractivity contribution in [1.29, 1.82) is 0 Å². The Morgan fingerprint density at radius 2 is 1.89 bits per heavy atom. The molecule has 0 atom stereocenters. The molecule has 0 aliphatic carbocycles. The Hall–Kier alpha value is -1.68. The molecule has 0 saturated heterocycles. The van der Waals surface area contributed by atoms with E-state index in [-0.39, 0.29) is 0 Å². The van der Waals surface area contributed by atoms with Crippen LogP contribution in [0.2, 0.25) is 0 Å². The third kappa shape index (κ3) is 2.28. The molecule has 0 aliphatic rings. The quantitative estimate of drug-likeness (QED) is 0.643. The second kappa shape index (κ2) is 4.78. The largest absolute Gasteiger partial charge is 0.343 e. The molecule has 0 unspecified atom stereocenters. The lowest BCUT2D eigenvalue weighted by Gasteiger charge is -2.07. The van der Waals surface area contributed by atoms with Crippen LogP contribution < -0.4 is 0 Å². The highest BCUT2D eigenvalue weighted by Crippen LogP contribution is 2.25. The molecule has 19 heavy (non-hydrogen) atoms. The Morgan fingerprint density at radius 1 is 1.05 bits per heavy atom. The normalized spacial score (nSPS) is 11.1. The van der Waals surface area contributed by atoms with E-state index in [4.69, 9.17) is 0 Å². The van der Waals surface area contributed by atoms with Gasteiger partial charge in [-0.25, -0.2) is 8.78 Å². The molecule has 0 bridgehead atoms. The van der Waals surface area contributed by atoms with Gasteiger partial charge in [0.05, 0.1) is 6.54 Å². The van der Waals surface area contributed by atoms with Crippen LogP contribution in [0, 0.1) is 11.6 Å². The number of halogens is 3. The van der Waals surface area contributed by atoms with E-state index in [1.54, 1.807) is 0 Å². The van der Waals surface area contributed by atoms with Crippen LogP contribution in [-0.4, -0.2) is 4.57 Å². The van der Waals surface area contributed by atoms with Crippen molar-refractivity contribution in [3.63, 3.8) is 0 Å². The lowest BCUT2D eigenvalue weighted by Crippen LogP contribution is -2.01. The van der Waals surface area contributed by atoms with Gasteiger partial charge in [-0.3, -0.25) is 0 Å². The molecular formula is C15H10BrF2N. The van der Waals surface area contributed by atoms with Crippen molar-refractivity contribution >= 4 is 26.8 Å². The van der Waals surface area contributed by atoms with Crippen molar-refractivity contribution in [2.45, 2.75) is 6.54 Å². The van der Waals surface area contributed by atoms with Crippen LogP contribution in [0.3, 0.4) is 0 Å². The number of aromatic nitrogens is 1. The number of nitrogens with zero attached hydrogens (tertiary/aromatic N) is 1. The minimum absolute atomic E-state index is 0.309. The van der Waals surface area contributed by atoms with Gasteiger partial charge in [-0.05, 0) is 36.4 Å². The van der Waals surface area contributed by atoms with E-state index in [1.165, 1.54) is 6.07 Å². The lowest BCUT2D eigenvalue weighted by atomic mass is 10.2. The Labute approximate surface area is 117 Å². The molecule has 0 N–H and O–H groups in total. The third-order valence-electron chi connectivity index (χ3n) is 3.11. The Kier molecular flexibility index (Phi) is 3.11. The summed E-state index contributed by atoms with van der Waals surface area (Å²) < 4.78 is 29.7. The summed E-state index contributed by atoms with van der Waals surface area (Å²) in [6, 6.07) is 11.3. The van der Waals surface area contributed by atoms with E-state index >= 15 is 0 Å². The summed E-state index contributed by atoms with van der Waals surface area (Å²) in [5, 5.41) is 1.05. The molecule has 96 valence electrons. The van der Waals surface area contributed by atoms with Gasteiger partial charge in [0.2, 0.25) is 0 Å². The molecule has 0 radical (unpaired) electrons. The van der Waals surface area contributed by atoms with Gasteiger partial charge >= 0.3 is 0 Å². The Bertz CT molecular complexity index is 749. The van der Waals surface area contributed by atoms with Crippen LogP contribution in [-0.2, 0) is 6.54 Å². The fourth-order valence-electron chi connectivity index (χ4n) is 2.17. The molecule has 3 rings (SSSR count). The number of benzene rings is 2. The minimum Gasteiger partial charge on any atom is -0.343 e. The highest BCUT2D eigenvalue weighted by molar-refractivity contribution is 9.10. The van der Waals surface area contributed by atoms with Crippen LogP contribution >= 0.6 is 15.9 Å². The van der Waals surface area contributed by atoms with Gasteiger partial charge in [-0.2, -0.15) is 0 Å². The van der Waals surface area contributed by atoms with Gasteiger partial charge in [0.15, 0.2) is 0 Å². The molecule has 2 aromatic carbocycles. The molecule has 0 aliphatic heterocycles. The maximum atomic E-state index is 13.7. The van der Waals surface area contributed by atoms with Crippen molar-refractivity contribution in [1.82, 2.24) is 4.57 Å². The van der Waals surface area contributed by atoms with Gasteiger partial charge in [0, 0.05) is 27.1 Å². The van der Waals surface area contributed by atoms with Crippen molar-refractivity contribution in [2.75, 3.05) is 0 Å². The molecule has 0 amide bonds. The molecular weight excluding hydrogens is 312 g/mol. The first kappa shape index (κ1) is 12.4. The van der Waals surface area contributed by atoms with Crippen LogP contribution in [0.4, 0.5) is 8.78 Å². The van der Waals surface area contributed by atoms with E-state index in [0.717, 1.165) is 27.5 Å². The third-order valence-corrected chi connectivity index (χ3v) is 3.80. The van der Waals surface area contributed by atoms with Gasteiger partial charge in [0.1, 0.15) is 11.6 Å². The summed E-state index contributed by atoms with van der Waals surface area (Å²) in [7, 11) is 0. The maximum Gasteiger partial charge on any atom is 0.128 e. The first-order valence-electron chi connectivity index (χ1n) is 5.82. The zero-order valence-electron chi connectivity index (χ0n) is 9.91. The highest BCUT2D eigenvalue weighted by atomic mass is 79.9. The van der Waals surface area contributed by atoms with Gasteiger partial charge in [-0.15, -0.1) is 0 Å². The fourth-order valence-corrected chi connectivity index (χ4v) is 2.66. The molecule has 0 spiro atoms. The molecule has 0 fully saturated rings. The molecule has 1 aromatic heterocycles. The second-order valence-corrected chi connectivity index (χ2v) is 5.21. The summed E-state index contributed by atoms with van der Waals surface area (Å²) in [6.07, 6.45) is 1.87. The maximum absolute atomic E-state index is 13.7. The van der Waals surface area contributed by atoms with E-state index in [9.17, 15) is 8.78 Å². The lowest BCUT2D eigenvalue weighted by molar-refractivity contribution is 0.579. The molecule has 4 heteroatoms. The summed E-state index contributed by atoms with van der Waals surface area (Å²) in [5.41, 5.74) is 1.33. The molecule has 0 saturated carbocycles. The highest BCUT2D eigenvalue weighted by Gasteiger charge is 2.08.